The molecule has 0 aromatic heterocycles. The second-order valence-electron chi connectivity index (χ2n) is 7.47. The summed E-state index contributed by atoms with van der Waals surface area (Å²) in [7, 11) is 0. The van der Waals surface area contributed by atoms with Crippen LogP contribution in [0.2, 0.25) is 0 Å². The minimum Gasteiger partial charge on any atom is -0.355 e. The number of thioether (sulfide) groups is 4. The molecule has 0 spiro atoms. The third-order valence-electron chi connectivity index (χ3n) is 5.41. The second kappa shape index (κ2) is 17.0. The van der Waals surface area contributed by atoms with E-state index in [-0.39, 0.29) is 23.6 Å². The van der Waals surface area contributed by atoms with E-state index in [0.717, 1.165) is 28.7 Å². The number of aliphatic imine (C=N–C) groups is 1. The number of nitrogens with one attached hydrogen (secondary N) is 3. The van der Waals surface area contributed by atoms with Crippen LogP contribution >= 0.6 is 47.0 Å². The number of nitrogens with zero attached hydrogens (tertiary/aromatic N) is 1. The molecule has 0 aromatic carbocycles. The van der Waals surface area contributed by atoms with E-state index in [0.29, 0.717) is 26.2 Å². The van der Waals surface area contributed by atoms with Crippen molar-refractivity contribution in [3.8, 4) is 0 Å². The molecule has 184 valence electrons. The van der Waals surface area contributed by atoms with Gasteiger partial charge in [0.15, 0.2) is 0 Å². The zero-order valence-corrected chi connectivity index (χ0v) is 23.0. The number of hydrogen-bond donors (Lipinski definition) is 3. The molecule has 0 heterocycles. The van der Waals surface area contributed by atoms with Crippen molar-refractivity contribution in [1.82, 2.24) is 16.0 Å². The molecule has 32 heavy (non-hydrogen) atoms. The fourth-order valence-electron chi connectivity index (χ4n) is 3.85. The van der Waals surface area contributed by atoms with Crippen molar-refractivity contribution in [2.75, 3.05) is 74.2 Å². The van der Waals surface area contributed by atoms with Crippen molar-refractivity contribution < 1.29 is 14.4 Å². The van der Waals surface area contributed by atoms with Crippen molar-refractivity contribution in [1.29, 1.82) is 0 Å². The van der Waals surface area contributed by atoms with E-state index in [9.17, 15) is 14.4 Å². The van der Waals surface area contributed by atoms with Crippen LogP contribution in [0.3, 0.4) is 0 Å². The van der Waals surface area contributed by atoms with Gasteiger partial charge in [0.05, 0.1) is 17.8 Å². The van der Waals surface area contributed by atoms with Gasteiger partial charge < -0.3 is 16.0 Å². The molecule has 1 saturated carbocycles. The third-order valence-corrected chi connectivity index (χ3v) is 7.84. The van der Waals surface area contributed by atoms with Crippen molar-refractivity contribution in [3.63, 3.8) is 0 Å². The summed E-state index contributed by atoms with van der Waals surface area (Å²) in [5, 5.41) is 8.86. The molecular formula is C21H38N4O3S4. The molecule has 0 saturated heterocycles. The van der Waals surface area contributed by atoms with Gasteiger partial charge >= 0.3 is 0 Å². The summed E-state index contributed by atoms with van der Waals surface area (Å²) < 4.78 is 0. The number of carbonyl (C=O) groups is 3. The highest BCUT2D eigenvalue weighted by Gasteiger charge is 2.60. The van der Waals surface area contributed by atoms with Gasteiger partial charge in [-0.15, -0.1) is 0 Å². The van der Waals surface area contributed by atoms with Crippen LogP contribution in [-0.2, 0) is 14.4 Å². The van der Waals surface area contributed by atoms with Crippen LogP contribution in [0.5, 0.6) is 0 Å². The van der Waals surface area contributed by atoms with Crippen molar-refractivity contribution in [3.05, 3.63) is 0 Å². The van der Waals surface area contributed by atoms with Crippen molar-refractivity contribution >= 4 is 70.5 Å². The quantitative estimate of drug-likeness (QED) is 0.210. The third kappa shape index (κ3) is 9.02. The van der Waals surface area contributed by atoms with E-state index in [1.54, 1.807) is 47.0 Å². The van der Waals surface area contributed by atoms with Crippen LogP contribution < -0.4 is 16.0 Å². The second-order valence-corrected chi connectivity index (χ2v) is 11.4. The fourth-order valence-corrected chi connectivity index (χ4v) is 5.04. The summed E-state index contributed by atoms with van der Waals surface area (Å²) in [4.78, 5) is 44.0. The first kappa shape index (κ1) is 29.5. The van der Waals surface area contributed by atoms with E-state index < -0.39 is 17.8 Å². The zero-order chi connectivity index (χ0) is 23.9. The average Bonchev–Trinajstić information content (AvgIpc) is 2.74. The van der Waals surface area contributed by atoms with Gasteiger partial charge in [-0.1, -0.05) is 0 Å². The molecule has 1 aliphatic rings. The summed E-state index contributed by atoms with van der Waals surface area (Å²) in [6, 6.07) is 0. The summed E-state index contributed by atoms with van der Waals surface area (Å²) in [5.74, 6) is 0.490. The summed E-state index contributed by atoms with van der Waals surface area (Å²) >= 11 is 6.64. The molecule has 0 aliphatic heterocycles. The fraction of sp³-hybridized carbons (Fsp3) is 0.810. The summed E-state index contributed by atoms with van der Waals surface area (Å²) in [6.45, 7) is 4.12. The Balaban J connectivity index is 3.16. The van der Waals surface area contributed by atoms with Gasteiger partial charge in [-0.05, 0) is 31.9 Å². The Labute approximate surface area is 210 Å². The molecule has 2 unspecified atom stereocenters. The topological polar surface area (TPSA) is 99.7 Å². The largest absolute Gasteiger partial charge is 0.355 e. The maximum Gasteiger partial charge on any atom is 0.224 e. The van der Waals surface area contributed by atoms with Crippen molar-refractivity contribution in [2.45, 2.75) is 6.92 Å². The highest BCUT2D eigenvalue weighted by Crippen LogP contribution is 2.47. The smallest absolute Gasteiger partial charge is 0.224 e. The minimum absolute atomic E-state index is 0.165. The molecule has 1 fully saturated rings. The maximum absolute atomic E-state index is 13.1. The van der Waals surface area contributed by atoms with Gasteiger partial charge in [-0.25, -0.2) is 0 Å². The van der Waals surface area contributed by atoms with Crippen LogP contribution in [0.1, 0.15) is 6.92 Å². The van der Waals surface area contributed by atoms with Crippen molar-refractivity contribution in [2.24, 2.45) is 28.7 Å². The molecule has 0 aromatic rings. The maximum atomic E-state index is 13.1. The lowest BCUT2D eigenvalue weighted by Crippen LogP contribution is -2.65. The van der Waals surface area contributed by atoms with Gasteiger partial charge in [0.25, 0.3) is 0 Å². The predicted octanol–water partition coefficient (Wildman–Crippen LogP) is 1.73. The Kier molecular flexibility index (Phi) is 15.7. The molecule has 3 amide bonds. The predicted molar refractivity (Wildman–Crippen MR) is 144 cm³/mol. The summed E-state index contributed by atoms with van der Waals surface area (Å²) in [6.07, 6.45) is 7.96. The monoisotopic (exact) mass is 522 g/mol. The molecule has 1 rings (SSSR count). The lowest BCUT2D eigenvalue weighted by atomic mass is 9.54. The summed E-state index contributed by atoms with van der Waals surface area (Å²) in [5.41, 5.74) is 0.780. The lowest BCUT2D eigenvalue weighted by molar-refractivity contribution is -0.156. The van der Waals surface area contributed by atoms with E-state index in [1.807, 2.05) is 31.9 Å². The molecule has 0 radical (unpaired) electrons. The van der Waals surface area contributed by atoms with Crippen LogP contribution in [-0.4, -0.2) is 97.6 Å². The van der Waals surface area contributed by atoms with Crippen LogP contribution in [0.4, 0.5) is 0 Å². The lowest BCUT2D eigenvalue weighted by Gasteiger charge is -2.49. The van der Waals surface area contributed by atoms with Crippen LogP contribution in [0.25, 0.3) is 0 Å². The van der Waals surface area contributed by atoms with Gasteiger partial charge in [0, 0.05) is 60.8 Å². The first-order valence-corrected chi connectivity index (χ1v) is 16.3. The van der Waals surface area contributed by atoms with Gasteiger partial charge in [0.2, 0.25) is 17.7 Å². The molecule has 7 nitrogen and oxygen atoms in total. The van der Waals surface area contributed by atoms with E-state index in [1.165, 1.54) is 0 Å². The Morgan fingerprint density at radius 2 is 0.969 bits per heavy atom. The zero-order valence-electron chi connectivity index (χ0n) is 19.8. The molecule has 2 atom stereocenters. The Hall–Kier alpha value is -0.520. The number of carbonyl (C=O) groups excluding carboxylic acids is 3. The highest BCUT2D eigenvalue weighted by molar-refractivity contribution is 7.99. The normalized spacial score (nSPS) is 22.7. The molecule has 1 aliphatic carbocycles. The Morgan fingerprint density at radius 3 is 1.31 bits per heavy atom. The minimum atomic E-state index is -0.684. The van der Waals surface area contributed by atoms with E-state index in [2.05, 4.69) is 20.9 Å². The molecular weight excluding hydrogens is 485 g/mol. The van der Waals surface area contributed by atoms with E-state index in [4.69, 9.17) is 0 Å². The van der Waals surface area contributed by atoms with Gasteiger partial charge in [-0.3, -0.25) is 19.4 Å². The van der Waals surface area contributed by atoms with Gasteiger partial charge in [-0.2, -0.15) is 47.0 Å². The first-order chi connectivity index (χ1) is 15.4. The Bertz CT molecular complexity index is 606. The molecule has 11 heteroatoms. The number of hydrogen-bond acceptors (Lipinski definition) is 8. The Morgan fingerprint density at radius 1 is 0.625 bits per heavy atom. The first-order valence-electron chi connectivity index (χ1n) is 10.7. The van der Waals surface area contributed by atoms with Crippen LogP contribution in [0.15, 0.2) is 4.99 Å². The highest BCUT2D eigenvalue weighted by atomic mass is 32.2. The molecule has 3 N–H and O–H groups in total. The van der Waals surface area contributed by atoms with E-state index >= 15 is 0 Å². The standard InChI is InChI=1S/C21H38N4O3S4/c1-14(22-6-10-29-2)15-16(19(26)23-7-11-30-3)18(21(28)25-9-13-32-5)17(15)20(27)24-8-12-31-4/h15-18H,6-13H2,1-5H3,(H,23,26)(H,24,27)(H,25,28). The van der Waals surface area contributed by atoms with Gasteiger partial charge in [0.1, 0.15) is 0 Å². The van der Waals surface area contributed by atoms with Crippen LogP contribution in [0, 0.1) is 23.7 Å². The number of rotatable bonds is 16. The molecule has 0 bridgehead atoms. The average molecular weight is 523 g/mol. The SMILES string of the molecule is CSCCN=C(C)C1C(C(=O)NCCSC)C(C(=O)NCCSC)C1C(=O)NCCSC. The number of amides is 3.